The molecule has 106 valence electrons. The van der Waals surface area contributed by atoms with E-state index < -0.39 is 0 Å². The Morgan fingerprint density at radius 1 is 1.40 bits per heavy atom. The van der Waals surface area contributed by atoms with E-state index >= 15 is 0 Å². The van der Waals surface area contributed by atoms with Crippen LogP contribution in [0, 0.1) is 11.3 Å². The molecule has 2 amide bonds. The van der Waals surface area contributed by atoms with Gasteiger partial charge >= 0.3 is 6.03 Å². The molecule has 0 aliphatic heterocycles. The Kier molecular flexibility index (Phi) is 4.59. The van der Waals surface area contributed by atoms with Crippen LogP contribution < -0.4 is 5.32 Å². The molecule has 5 nitrogen and oxygen atoms in total. The van der Waals surface area contributed by atoms with Crippen molar-refractivity contribution in [2.24, 2.45) is 0 Å². The fraction of sp³-hybridized carbons (Fsp3) is 0.467. The van der Waals surface area contributed by atoms with Crippen LogP contribution in [0.4, 0.5) is 10.5 Å². The maximum Gasteiger partial charge on any atom is 0.322 e. The summed E-state index contributed by atoms with van der Waals surface area (Å²) in [7, 11) is 4.00. The molecule has 2 rings (SSSR count). The Labute approximate surface area is 119 Å². The Morgan fingerprint density at radius 3 is 2.75 bits per heavy atom. The Balaban J connectivity index is 1.99. The normalized spacial score (nSPS) is 13.9. The molecule has 1 aliphatic rings. The van der Waals surface area contributed by atoms with Crippen LogP contribution in [0.15, 0.2) is 24.3 Å². The van der Waals surface area contributed by atoms with Crippen LogP contribution in [-0.4, -0.2) is 49.1 Å². The van der Waals surface area contributed by atoms with Gasteiger partial charge in [0.15, 0.2) is 0 Å². The minimum Gasteiger partial charge on any atom is -0.320 e. The molecular formula is C15H20N4O. The summed E-state index contributed by atoms with van der Waals surface area (Å²) < 4.78 is 0. The predicted octanol–water partition coefficient (Wildman–Crippen LogP) is 2.12. The van der Waals surface area contributed by atoms with Gasteiger partial charge in [-0.2, -0.15) is 5.26 Å². The number of amides is 2. The molecule has 0 radical (unpaired) electrons. The van der Waals surface area contributed by atoms with E-state index in [-0.39, 0.29) is 6.03 Å². The number of hydrogen-bond acceptors (Lipinski definition) is 3. The van der Waals surface area contributed by atoms with Crippen LogP contribution in [0.1, 0.15) is 18.4 Å². The second-order valence-corrected chi connectivity index (χ2v) is 5.35. The lowest BCUT2D eigenvalue weighted by Crippen LogP contribution is -2.40. The number of benzene rings is 1. The fourth-order valence-corrected chi connectivity index (χ4v) is 2.01. The van der Waals surface area contributed by atoms with Gasteiger partial charge in [0.2, 0.25) is 0 Å². The van der Waals surface area contributed by atoms with Crippen molar-refractivity contribution in [3.05, 3.63) is 29.8 Å². The standard InChI is InChI=1S/C15H20N4O/c1-18(2)8-9-19(14-6-7-14)15(20)17-13-5-3-4-12(10-13)11-16/h3-5,10,14H,6-9H2,1-2H3,(H,17,20). The molecule has 0 heterocycles. The molecule has 0 aromatic heterocycles. The predicted molar refractivity (Wildman–Crippen MR) is 78.5 cm³/mol. The maximum atomic E-state index is 12.3. The van der Waals surface area contributed by atoms with Crippen molar-refractivity contribution in [3.63, 3.8) is 0 Å². The molecule has 0 saturated heterocycles. The van der Waals surface area contributed by atoms with E-state index in [2.05, 4.69) is 16.3 Å². The first-order valence-corrected chi connectivity index (χ1v) is 6.82. The molecule has 1 aromatic carbocycles. The number of nitriles is 1. The van der Waals surface area contributed by atoms with Gasteiger partial charge in [-0.15, -0.1) is 0 Å². The number of carbonyl (C=O) groups is 1. The second kappa shape index (κ2) is 6.40. The molecule has 1 aromatic rings. The Morgan fingerprint density at radius 2 is 2.15 bits per heavy atom. The highest BCUT2D eigenvalue weighted by molar-refractivity contribution is 5.90. The van der Waals surface area contributed by atoms with Crippen molar-refractivity contribution >= 4 is 11.7 Å². The first-order valence-electron chi connectivity index (χ1n) is 6.82. The van der Waals surface area contributed by atoms with Gasteiger partial charge in [0.25, 0.3) is 0 Å². The van der Waals surface area contributed by atoms with Gasteiger partial charge in [-0.3, -0.25) is 0 Å². The number of hydrogen-bond donors (Lipinski definition) is 1. The summed E-state index contributed by atoms with van der Waals surface area (Å²) >= 11 is 0. The summed E-state index contributed by atoms with van der Waals surface area (Å²) in [6, 6.07) is 9.35. The lowest BCUT2D eigenvalue weighted by molar-refractivity contribution is 0.202. The van der Waals surface area contributed by atoms with Crippen molar-refractivity contribution in [2.45, 2.75) is 18.9 Å². The van der Waals surface area contributed by atoms with Crippen LogP contribution in [0.3, 0.4) is 0 Å². The highest BCUT2D eigenvalue weighted by atomic mass is 16.2. The SMILES string of the molecule is CN(C)CCN(C(=O)Nc1cccc(C#N)c1)C1CC1. The summed E-state index contributed by atoms with van der Waals surface area (Å²) in [5, 5.41) is 11.7. The molecule has 20 heavy (non-hydrogen) atoms. The Bertz CT molecular complexity index is 517. The molecule has 0 unspecified atom stereocenters. The van der Waals surface area contributed by atoms with Gasteiger partial charge in [0.05, 0.1) is 11.6 Å². The monoisotopic (exact) mass is 272 g/mol. The van der Waals surface area contributed by atoms with Crippen molar-refractivity contribution < 1.29 is 4.79 Å². The van der Waals surface area contributed by atoms with E-state index in [9.17, 15) is 4.79 Å². The third kappa shape index (κ3) is 3.97. The zero-order valence-corrected chi connectivity index (χ0v) is 12.0. The van der Waals surface area contributed by atoms with Crippen LogP contribution in [-0.2, 0) is 0 Å². The average Bonchev–Trinajstić information content (AvgIpc) is 3.23. The molecule has 0 spiro atoms. The topological polar surface area (TPSA) is 59.4 Å². The smallest absolute Gasteiger partial charge is 0.320 e. The van der Waals surface area contributed by atoms with Gasteiger partial charge in [-0.1, -0.05) is 6.07 Å². The third-order valence-electron chi connectivity index (χ3n) is 3.28. The van der Waals surface area contributed by atoms with Gasteiger partial charge in [-0.25, -0.2) is 4.79 Å². The lowest BCUT2D eigenvalue weighted by Gasteiger charge is -2.24. The first kappa shape index (κ1) is 14.4. The third-order valence-corrected chi connectivity index (χ3v) is 3.28. The lowest BCUT2D eigenvalue weighted by atomic mass is 10.2. The number of anilines is 1. The second-order valence-electron chi connectivity index (χ2n) is 5.35. The minimum absolute atomic E-state index is 0.0792. The highest BCUT2D eigenvalue weighted by Gasteiger charge is 2.32. The molecular weight excluding hydrogens is 252 g/mol. The molecule has 0 bridgehead atoms. The number of likely N-dealkylation sites (N-methyl/N-ethyl adjacent to an activating group) is 1. The van der Waals surface area contributed by atoms with Gasteiger partial charge in [-0.05, 0) is 45.1 Å². The zero-order chi connectivity index (χ0) is 14.5. The largest absolute Gasteiger partial charge is 0.322 e. The minimum atomic E-state index is -0.0792. The molecule has 1 saturated carbocycles. The summed E-state index contributed by atoms with van der Waals surface area (Å²) in [5.74, 6) is 0. The summed E-state index contributed by atoms with van der Waals surface area (Å²) in [6.45, 7) is 1.57. The van der Waals surface area contributed by atoms with Gasteiger partial charge in [0, 0.05) is 24.8 Å². The number of carbonyl (C=O) groups excluding carboxylic acids is 1. The number of nitrogens with zero attached hydrogens (tertiary/aromatic N) is 3. The van der Waals surface area contributed by atoms with Crippen molar-refractivity contribution in [1.29, 1.82) is 5.26 Å². The van der Waals surface area contributed by atoms with E-state index in [1.807, 2.05) is 19.0 Å². The zero-order valence-electron chi connectivity index (χ0n) is 12.0. The fourth-order valence-electron chi connectivity index (χ4n) is 2.01. The Hall–Kier alpha value is -2.06. The van der Waals surface area contributed by atoms with Crippen molar-refractivity contribution in [3.8, 4) is 6.07 Å². The number of rotatable bonds is 5. The summed E-state index contributed by atoms with van der Waals surface area (Å²) in [4.78, 5) is 16.3. The summed E-state index contributed by atoms with van der Waals surface area (Å²) in [5.41, 5.74) is 1.22. The van der Waals surface area contributed by atoms with E-state index in [1.54, 1.807) is 24.3 Å². The molecule has 1 N–H and O–H groups in total. The van der Waals surface area contributed by atoms with Crippen molar-refractivity contribution in [1.82, 2.24) is 9.80 Å². The molecule has 1 aliphatic carbocycles. The molecule has 0 atom stereocenters. The van der Waals surface area contributed by atoms with Crippen LogP contribution in [0.25, 0.3) is 0 Å². The van der Waals surface area contributed by atoms with Gasteiger partial charge < -0.3 is 15.1 Å². The number of nitrogens with one attached hydrogen (secondary N) is 1. The van der Waals surface area contributed by atoms with Crippen LogP contribution >= 0.6 is 0 Å². The van der Waals surface area contributed by atoms with E-state index in [0.29, 0.717) is 17.3 Å². The quantitative estimate of drug-likeness (QED) is 0.893. The summed E-state index contributed by atoms with van der Waals surface area (Å²) in [6.07, 6.45) is 2.16. The molecule has 1 fully saturated rings. The van der Waals surface area contributed by atoms with Crippen molar-refractivity contribution in [2.75, 3.05) is 32.5 Å². The number of urea groups is 1. The van der Waals surface area contributed by atoms with Gasteiger partial charge in [0.1, 0.15) is 0 Å². The first-order chi connectivity index (χ1) is 9.60. The maximum absolute atomic E-state index is 12.3. The average molecular weight is 272 g/mol. The molecule has 5 heteroatoms. The van der Waals surface area contributed by atoms with E-state index in [0.717, 1.165) is 25.9 Å². The van der Waals surface area contributed by atoms with E-state index in [4.69, 9.17) is 5.26 Å². The highest BCUT2D eigenvalue weighted by Crippen LogP contribution is 2.27. The van der Waals surface area contributed by atoms with E-state index in [1.165, 1.54) is 0 Å². The van der Waals surface area contributed by atoms with Crippen LogP contribution in [0.2, 0.25) is 0 Å². The van der Waals surface area contributed by atoms with Crippen LogP contribution in [0.5, 0.6) is 0 Å².